The largest absolute Gasteiger partial charge is 0.383 e. The van der Waals surface area contributed by atoms with Gasteiger partial charge < -0.3 is 10.6 Å². The van der Waals surface area contributed by atoms with E-state index in [4.69, 9.17) is 5.73 Å². The molecule has 0 spiro atoms. The first-order valence-electron chi connectivity index (χ1n) is 7.12. The first-order chi connectivity index (χ1) is 10.1. The number of aromatic nitrogens is 2. The van der Waals surface area contributed by atoms with Crippen molar-refractivity contribution in [3.63, 3.8) is 0 Å². The molecule has 6 heteroatoms. The average molecular weight is 285 g/mol. The van der Waals surface area contributed by atoms with Gasteiger partial charge >= 0.3 is 0 Å². The minimum atomic E-state index is 0.140. The van der Waals surface area contributed by atoms with E-state index in [1.54, 1.807) is 6.92 Å². The number of carbonyl (C=O) groups is 1. The number of para-hydroxylation sites is 1. The predicted octanol–water partition coefficient (Wildman–Crippen LogP) is 0.876. The SMILES string of the molecule is CC(=O)N1CCN(Cc2nc(N)c3ccccc3n2)CC1. The number of benzene rings is 1. The Bertz CT molecular complexity index is 664. The molecule has 1 aromatic carbocycles. The Labute approximate surface area is 123 Å². The summed E-state index contributed by atoms with van der Waals surface area (Å²) < 4.78 is 0. The molecule has 1 amide bonds. The third-order valence-electron chi connectivity index (χ3n) is 3.86. The molecule has 1 fully saturated rings. The number of rotatable bonds is 2. The average Bonchev–Trinajstić information content (AvgIpc) is 2.48. The summed E-state index contributed by atoms with van der Waals surface area (Å²) in [5.74, 6) is 1.40. The van der Waals surface area contributed by atoms with Crippen LogP contribution in [0.1, 0.15) is 12.7 Å². The molecule has 2 heterocycles. The maximum atomic E-state index is 11.3. The molecule has 0 atom stereocenters. The summed E-state index contributed by atoms with van der Waals surface area (Å²) in [6.45, 7) is 5.49. The van der Waals surface area contributed by atoms with E-state index in [9.17, 15) is 4.79 Å². The fourth-order valence-electron chi connectivity index (χ4n) is 2.64. The van der Waals surface area contributed by atoms with E-state index in [-0.39, 0.29) is 5.91 Å². The van der Waals surface area contributed by atoms with Gasteiger partial charge in [-0.25, -0.2) is 9.97 Å². The van der Waals surface area contributed by atoms with Gasteiger partial charge in [0, 0.05) is 38.5 Å². The zero-order chi connectivity index (χ0) is 14.8. The third-order valence-corrected chi connectivity index (χ3v) is 3.86. The Morgan fingerprint density at radius 2 is 1.90 bits per heavy atom. The minimum Gasteiger partial charge on any atom is -0.383 e. The molecule has 1 aromatic heterocycles. The summed E-state index contributed by atoms with van der Waals surface area (Å²) in [6.07, 6.45) is 0. The second kappa shape index (κ2) is 5.65. The number of carbonyl (C=O) groups excluding carboxylic acids is 1. The first kappa shape index (κ1) is 13.8. The molecular weight excluding hydrogens is 266 g/mol. The van der Waals surface area contributed by atoms with Gasteiger partial charge in [0.1, 0.15) is 11.6 Å². The van der Waals surface area contributed by atoms with Crippen LogP contribution in [-0.4, -0.2) is 51.9 Å². The molecule has 21 heavy (non-hydrogen) atoms. The van der Waals surface area contributed by atoms with Gasteiger partial charge in [0.15, 0.2) is 0 Å². The minimum absolute atomic E-state index is 0.140. The van der Waals surface area contributed by atoms with Gasteiger partial charge in [-0.1, -0.05) is 12.1 Å². The number of nitrogens with two attached hydrogens (primary N) is 1. The zero-order valence-corrected chi connectivity index (χ0v) is 12.1. The molecule has 0 saturated carbocycles. The fraction of sp³-hybridized carbons (Fsp3) is 0.400. The molecule has 1 saturated heterocycles. The lowest BCUT2D eigenvalue weighted by atomic mass is 10.2. The van der Waals surface area contributed by atoms with E-state index < -0.39 is 0 Å². The molecule has 2 N–H and O–H groups in total. The summed E-state index contributed by atoms with van der Waals surface area (Å²) in [7, 11) is 0. The monoisotopic (exact) mass is 285 g/mol. The van der Waals surface area contributed by atoms with E-state index in [1.165, 1.54) is 0 Å². The molecule has 1 aliphatic rings. The van der Waals surface area contributed by atoms with Gasteiger partial charge in [-0.15, -0.1) is 0 Å². The maximum absolute atomic E-state index is 11.3. The van der Waals surface area contributed by atoms with Crippen LogP contribution in [0.25, 0.3) is 10.9 Å². The van der Waals surface area contributed by atoms with Crippen molar-refractivity contribution in [1.82, 2.24) is 19.8 Å². The molecule has 0 bridgehead atoms. The van der Waals surface area contributed by atoms with Crippen LogP contribution in [0.5, 0.6) is 0 Å². The molecule has 0 radical (unpaired) electrons. The molecule has 3 rings (SSSR count). The highest BCUT2D eigenvalue weighted by Crippen LogP contribution is 2.18. The molecule has 6 nitrogen and oxygen atoms in total. The van der Waals surface area contributed by atoms with Gasteiger partial charge in [-0.2, -0.15) is 0 Å². The normalized spacial score (nSPS) is 16.3. The van der Waals surface area contributed by atoms with E-state index in [0.717, 1.165) is 42.9 Å². The summed E-state index contributed by atoms with van der Waals surface area (Å²) in [5, 5.41) is 0.891. The Kier molecular flexibility index (Phi) is 3.70. The van der Waals surface area contributed by atoms with Crippen LogP contribution in [-0.2, 0) is 11.3 Å². The zero-order valence-electron chi connectivity index (χ0n) is 12.1. The first-order valence-corrected chi connectivity index (χ1v) is 7.12. The topological polar surface area (TPSA) is 75.4 Å². The van der Waals surface area contributed by atoms with Crippen LogP contribution in [0.3, 0.4) is 0 Å². The molecule has 0 aliphatic carbocycles. The van der Waals surface area contributed by atoms with Crippen LogP contribution < -0.4 is 5.73 Å². The van der Waals surface area contributed by atoms with Gasteiger partial charge in [0.25, 0.3) is 0 Å². The van der Waals surface area contributed by atoms with Crippen molar-refractivity contribution in [3.8, 4) is 0 Å². The lowest BCUT2D eigenvalue weighted by Gasteiger charge is -2.33. The number of amides is 1. The summed E-state index contributed by atoms with van der Waals surface area (Å²) in [4.78, 5) is 24.4. The van der Waals surface area contributed by atoms with E-state index in [1.807, 2.05) is 29.2 Å². The Balaban J connectivity index is 1.73. The number of piperazine rings is 1. The third kappa shape index (κ3) is 2.95. The van der Waals surface area contributed by atoms with Crippen molar-refractivity contribution in [2.45, 2.75) is 13.5 Å². The summed E-state index contributed by atoms with van der Waals surface area (Å²) >= 11 is 0. The van der Waals surface area contributed by atoms with Gasteiger partial charge in [-0.05, 0) is 12.1 Å². The smallest absolute Gasteiger partial charge is 0.219 e. The number of hydrogen-bond acceptors (Lipinski definition) is 5. The fourth-order valence-corrected chi connectivity index (χ4v) is 2.64. The van der Waals surface area contributed by atoms with Crippen molar-refractivity contribution < 1.29 is 4.79 Å². The van der Waals surface area contributed by atoms with Crippen LogP contribution in [0.15, 0.2) is 24.3 Å². The highest BCUT2D eigenvalue weighted by molar-refractivity contribution is 5.87. The molecule has 1 aliphatic heterocycles. The molecule has 2 aromatic rings. The van der Waals surface area contributed by atoms with Gasteiger partial charge in [0.05, 0.1) is 12.1 Å². The highest BCUT2D eigenvalue weighted by Gasteiger charge is 2.19. The lowest BCUT2D eigenvalue weighted by molar-refractivity contribution is -0.130. The standard InChI is InChI=1S/C15H19N5O/c1-11(21)20-8-6-19(7-9-20)10-14-17-13-5-3-2-4-12(13)15(16)18-14/h2-5H,6-10H2,1H3,(H2,16,17,18). The quantitative estimate of drug-likeness (QED) is 0.886. The van der Waals surface area contributed by atoms with Gasteiger partial charge in [-0.3, -0.25) is 9.69 Å². The predicted molar refractivity (Wildman–Crippen MR) is 81.5 cm³/mol. The van der Waals surface area contributed by atoms with E-state index >= 15 is 0 Å². The number of hydrogen-bond donors (Lipinski definition) is 1. The van der Waals surface area contributed by atoms with Crippen molar-refractivity contribution in [2.24, 2.45) is 0 Å². The Morgan fingerprint density at radius 1 is 1.19 bits per heavy atom. The lowest BCUT2D eigenvalue weighted by Crippen LogP contribution is -2.47. The van der Waals surface area contributed by atoms with Crippen LogP contribution in [0.2, 0.25) is 0 Å². The molecular formula is C15H19N5O. The van der Waals surface area contributed by atoms with E-state index in [0.29, 0.717) is 12.4 Å². The second-order valence-corrected chi connectivity index (χ2v) is 5.32. The van der Waals surface area contributed by atoms with Crippen LogP contribution >= 0.6 is 0 Å². The van der Waals surface area contributed by atoms with Crippen molar-refractivity contribution in [1.29, 1.82) is 0 Å². The number of nitrogen functional groups attached to an aromatic ring is 1. The summed E-state index contributed by atoms with van der Waals surface area (Å²) in [5.41, 5.74) is 6.88. The van der Waals surface area contributed by atoms with Crippen LogP contribution in [0, 0.1) is 0 Å². The highest BCUT2D eigenvalue weighted by atomic mass is 16.2. The second-order valence-electron chi connectivity index (χ2n) is 5.32. The van der Waals surface area contributed by atoms with Crippen molar-refractivity contribution in [2.75, 3.05) is 31.9 Å². The van der Waals surface area contributed by atoms with Crippen molar-refractivity contribution >= 4 is 22.6 Å². The number of fused-ring (bicyclic) bond motifs is 1. The molecule has 110 valence electrons. The van der Waals surface area contributed by atoms with Gasteiger partial charge in [0.2, 0.25) is 5.91 Å². The van der Waals surface area contributed by atoms with Crippen LogP contribution in [0.4, 0.5) is 5.82 Å². The Morgan fingerprint density at radius 3 is 2.62 bits per heavy atom. The Hall–Kier alpha value is -2.21. The van der Waals surface area contributed by atoms with E-state index in [2.05, 4.69) is 14.9 Å². The summed E-state index contributed by atoms with van der Waals surface area (Å²) in [6, 6.07) is 7.76. The number of anilines is 1. The molecule has 0 unspecified atom stereocenters. The number of nitrogens with zero attached hydrogens (tertiary/aromatic N) is 4. The van der Waals surface area contributed by atoms with Crippen molar-refractivity contribution in [3.05, 3.63) is 30.1 Å². The maximum Gasteiger partial charge on any atom is 0.219 e.